The molecular formula is C22H22N4O5. The van der Waals surface area contributed by atoms with Crippen LogP contribution in [0.4, 0.5) is 11.4 Å². The van der Waals surface area contributed by atoms with Crippen molar-refractivity contribution in [3.8, 4) is 17.0 Å². The van der Waals surface area contributed by atoms with Gasteiger partial charge in [0.1, 0.15) is 5.75 Å². The molecule has 0 saturated heterocycles. The second-order valence-electron chi connectivity index (χ2n) is 6.94. The number of carbonyl (C=O) groups is 1. The zero-order valence-electron chi connectivity index (χ0n) is 17.2. The Balaban J connectivity index is 1.64. The van der Waals surface area contributed by atoms with Crippen LogP contribution in [0.15, 0.2) is 59.4 Å². The summed E-state index contributed by atoms with van der Waals surface area (Å²) in [4.78, 5) is 34.9. The van der Waals surface area contributed by atoms with Gasteiger partial charge in [0.15, 0.2) is 0 Å². The molecule has 1 aromatic heterocycles. The summed E-state index contributed by atoms with van der Waals surface area (Å²) < 4.78 is 6.47. The summed E-state index contributed by atoms with van der Waals surface area (Å²) in [7, 11) is 1.41. The summed E-state index contributed by atoms with van der Waals surface area (Å²) in [6.07, 6.45) is 0.474. The first-order chi connectivity index (χ1) is 14.9. The van der Waals surface area contributed by atoms with Gasteiger partial charge >= 0.3 is 0 Å². The van der Waals surface area contributed by atoms with Gasteiger partial charge in [-0.1, -0.05) is 29.8 Å². The lowest BCUT2D eigenvalue weighted by Gasteiger charge is -2.10. The van der Waals surface area contributed by atoms with Crippen molar-refractivity contribution in [3.05, 3.63) is 80.6 Å². The van der Waals surface area contributed by atoms with E-state index in [4.69, 9.17) is 4.74 Å². The van der Waals surface area contributed by atoms with Crippen LogP contribution in [0.3, 0.4) is 0 Å². The minimum Gasteiger partial charge on any atom is -0.495 e. The van der Waals surface area contributed by atoms with Gasteiger partial charge in [0, 0.05) is 36.7 Å². The molecule has 0 atom stereocenters. The number of methoxy groups -OCH3 is 1. The highest BCUT2D eigenvalue weighted by molar-refractivity contribution is 5.92. The van der Waals surface area contributed by atoms with Crippen LogP contribution in [0.5, 0.6) is 5.75 Å². The number of benzene rings is 2. The Hall–Kier alpha value is -4.01. The summed E-state index contributed by atoms with van der Waals surface area (Å²) in [6.45, 7) is 2.25. The Labute approximate surface area is 178 Å². The first-order valence-electron chi connectivity index (χ1n) is 9.65. The first kappa shape index (κ1) is 21.7. The number of nitro groups is 1. The zero-order valence-corrected chi connectivity index (χ0v) is 17.2. The van der Waals surface area contributed by atoms with Crippen LogP contribution < -0.4 is 15.6 Å². The van der Waals surface area contributed by atoms with Crippen molar-refractivity contribution in [3.63, 3.8) is 0 Å². The third-order valence-electron chi connectivity index (χ3n) is 4.66. The van der Waals surface area contributed by atoms with E-state index in [2.05, 4.69) is 10.4 Å². The van der Waals surface area contributed by atoms with E-state index in [1.54, 1.807) is 6.07 Å². The maximum absolute atomic E-state index is 12.3. The number of rotatable bonds is 8. The average Bonchev–Trinajstić information content (AvgIpc) is 2.75. The van der Waals surface area contributed by atoms with Gasteiger partial charge in [-0.2, -0.15) is 5.10 Å². The highest BCUT2D eigenvalue weighted by Gasteiger charge is 2.14. The number of carbonyl (C=O) groups excluding carboxylic acids is 1. The molecule has 1 amide bonds. The van der Waals surface area contributed by atoms with Crippen LogP contribution in [-0.4, -0.2) is 27.7 Å². The van der Waals surface area contributed by atoms with Gasteiger partial charge in [-0.25, -0.2) is 4.68 Å². The van der Waals surface area contributed by atoms with E-state index < -0.39 is 4.92 Å². The van der Waals surface area contributed by atoms with Crippen molar-refractivity contribution in [2.75, 3.05) is 12.4 Å². The summed E-state index contributed by atoms with van der Waals surface area (Å²) in [6, 6.07) is 14.9. The second-order valence-corrected chi connectivity index (χ2v) is 6.94. The Morgan fingerprint density at radius 3 is 2.58 bits per heavy atom. The number of hydrogen-bond donors (Lipinski definition) is 1. The van der Waals surface area contributed by atoms with Crippen LogP contribution in [0.1, 0.15) is 18.4 Å². The molecular weight excluding hydrogens is 400 g/mol. The normalized spacial score (nSPS) is 10.5. The van der Waals surface area contributed by atoms with E-state index in [9.17, 15) is 19.7 Å². The van der Waals surface area contributed by atoms with Gasteiger partial charge in [-0.15, -0.1) is 0 Å². The van der Waals surface area contributed by atoms with E-state index in [-0.39, 0.29) is 35.8 Å². The number of nitrogens with zero attached hydrogens (tertiary/aromatic N) is 3. The Morgan fingerprint density at radius 1 is 1.16 bits per heavy atom. The maximum atomic E-state index is 12.3. The molecule has 9 heteroatoms. The lowest BCUT2D eigenvalue weighted by atomic mass is 10.1. The minimum absolute atomic E-state index is 0.106. The quantitative estimate of drug-likeness (QED) is 0.438. The number of aryl methyl sites for hydroxylation is 2. The minimum atomic E-state index is -0.547. The van der Waals surface area contributed by atoms with Crippen LogP contribution >= 0.6 is 0 Å². The van der Waals surface area contributed by atoms with Gasteiger partial charge < -0.3 is 10.1 Å². The highest BCUT2D eigenvalue weighted by atomic mass is 16.6. The fourth-order valence-corrected chi connectivity index (χ4v) is 3.00. The maximum Gasteiger partial charge on any atom is 0.271 e. The van der Waals surface area contributed by atoms with Crippen LogP contribution in [0.25, 0.3) is 11.3 Å². The third kappa shape index (κ3) is 5.53. The van der Waals surface area contributed by atoms with Crippen LogP contribution in [0.2, 0.25) is 0 Å². The van der Waals surface area contributed by atoms with E-state index in [0.29, 0.717) is 17.9 Å². The fourth-order valence-electron chi connectivity index (χ4n) is 3.00. The number of ether oxygens (including phenoxy) is 1. The summed E-state index contributed by atoms with van der Waals surface area (Å²) >= 11 is 0. The van der Waals surface area contributed by atoms with E-state index in [1.807, 2.05) is 31.2 Å². The van der Waals surface area contributed by atoms with E-state index in [1.165, 1.54) is 36.1 Å². The van der Waals surface area contributed by atoms with Gasteiger partial charge in [-0.3, -0.25) is 19.7 Å². The summed E-state index contributed by atoms with van der Waals surface area (Å²) in [5, 5.41) is 18.0. The molecule has 0 saturated carbocycles. The molecule has 3 aromatic rings. The van der Waals surface area contributed by atoms with Crippen LogP contribution in [-0.2, 0) is 11.3 Å². The molecule has 3 rings (SSSR count). The molecule has 0 aliphatic rings. The van der Waals surface area contributed by atoms with E-state index in [0.717, 1.165) is 11.1 Å². The summed E-state index contributed by atoms with van der Waals surface area (Å²) in [5.41, 5.74) is 2.51. The van der Waals surface area contributed by atoms with Gasteiger partial charge in [0.25, 0.3) is 11.2 Å². The predicted octanol–water partition coefficient (Wildman–Crippen LogP) is 3.55. The third-order valence-corrected chi connectivity index (χ3v) is 4.66. The largest absolute Gasteiger partial charge is 0.495 e. The molecule has 2 aromatic carbocycles. The molecule has 0 unspecified atom stereocenters. The molecule has 1 N–H and O–H groups in total. The first-order valence-corrected chi connectivity index (χ1v) is 9.65. The number of anilines is 1. The molecule has 0 aliphatic heterocycles. The fraction of sp³-hybridized carbons (Fsp3) is 0.227. The lowest BCUT2D eigenvalue weighted by Crippen LogP contribution is -2.23. The zero-order chi connectivity index (χ0) is 22.4. The topological polar surface area (TPSA) is 116 Å². The molecule has 31 heavy (non-hydrogen) atoms. The highest BCUT2D eigenvalue weighted by Crippen LogP contribution is 2.29. The smallest absolute Gasteiger partial charge is 0.271 e. The molecule has 160 valence electrons. The number of non-ortho nitro benzene ring substituents is 1. The Morgan fingerprint density at radius 2 is 1.90 bits per heavy atom. The summed E-state index contributed by atoms with van der Waals surface area (Å²) in [5.74, 6) is -0.0239. The van der Waals surface area contributed by atoms with Crippen molar-refractivity contribution in [1.82, 2.24) is 9.78 Å². The van der Waals surface area contributed by atoms with Crippen molar-refractivity contribution in [2.45, 2.75) is 26.3 Å². The molecule has 0 spiro atoms. The Kier molecular flexibility index (Phi) is 6.76. The SMILES string of the molecule is COc1ccc([N+](=O)[O-])cc1NC(=O)CCCn1nc(-c2ccc(C)cc2)ccc1=O. The van der Waals surface area contributed by atoms with Crippen molar-refractivity contribution in [1.29, 1.82) is 0 Å². The van der Waals surface area contributed by atoms with Crippen LogP contribution in [0, 0.1) is 17.0 Å². The predicted molar refractivity (Wildman–Crippen MR) is 116 cm³/mol. The van der Waals surface area contributed by atoms with Gasteiger partial charge in [-0.05, 0) is 25.5 Å². The van der Waals surface area contributed by atoms with E-state index >= 15 is 0 Å². The molecule has 0 bridgehead atoms. The van der Waals surface area contributed by atoms with Crippen molar-refractivity contribution >= 4 is 17.3 Å². The number of hydrogen-bond acceptors (Lipinski definition) is 6. The second kappa shape index (κ2) is 9.66. The number of aromatic nitrogens is 2. The van der Waals surface area contributed by atoms with Crippen molar-refractivity contribution in [2.24, 2.45) is 0 Å². The van der Waals surface area contributed by atoms with Crippen molar-refractivity contribution < 1.29 is 14.5 Å². The molecule has 9 nitrogen and oxygen atoms in total. The standard InChI is InChI=1S/C22H22N4O5/c1-15-5-7-16(8-6-15)18-10-12-22(28)25(24-18)13-3-4-21(27)23-19-14-17(26(29)30)9-11-20(19)31-2/h5-12,14H,3-4,13H2,1-2H3,(H,23,27). The number of amides is 1. The molecule has 0 aliphatic carbocycles. The Bertz CT molecular complexity index is 1160. The molecule has 0 radical (unpaired) electrons. The monoisotopic (exact) mass is 422 g/mol. The molecule has 0 fully saturated rings. The average molecular weight is 422 g/mol. The molecule has 1 heterocycles. The van der Waals surface area contributed by atoms with Gasteiger partial charge in [0.05, 0.1) is 23.4 Å². The number of nitrogens with one attached hydrogen (secondary N) is 1. The lowest BCUT2D eigenvalue weighted by molar-refractivity contribution is -0.384. The number of nitro benzene ring substituents is 1. The van der Waals surface area contributed by atoms with Gasteiger partial charge in [0.2, 0.25) is 5.91 Å².